The number of aliphatic carboxylic acids is 1. The van der Waals surface area contributed by atoms with Crippen molar-refractivity contribution in [1.29, 1.82) is 0 Å². The highest BCUT2D eigenvalue weighted by Gasteiger charge is 2.51. The zero-order valence-electron chi connectivity index (χ0n) is 23.4. The number of rotatable bonds is 10. The van der Waals surface area contributed by atoms with Crippen LogP contribution in [0.4, 0.5) is 4.79 Å². The Morgan fingerprint density at radius 2 is 1.51 bits per heavy atom. The van der Waals surface area contributed by atoms with Crippen LogP contribution in [0.2, 0.25) is 0 Å². The molecule has 5 unspecified atom stereocenters. The van der Waals surface area contributed by atoms with Crippen LogP contribution < -0.4 is 15.8 Å². The van der Waals surface area contributed by atoms with Crippen LogP contribution in [-0.4, -0.2) is 56.0 Å². The molecule has 4 aliphatic carbocycles. The van der Waals surface area contributed by atoms with Crippen LogP contribution in [0.3, 0.4) is 0 Å². The maximum absolute atomic E-state index is 12.6. The van der Waals surface area contributed by atoms with Gasteiger partial charge < -0.3 is 20.9 Å². The summed E-state index contributed by atoms with van der Waals surface area (Å²) in [7, 11) is -3.59. The number of aliphatic imine (C=N–C) groups is 1. The fourth-order valence-electron chi connectivity index (χ4n) is 7.98. The molecule has 0 aromatic rings. The summed E-state index contributed by atoms with van der Waals surface area (Å²) in [5.41, 5.74) is 5.80. The Hall–Kier alpha value is -2.04. The molecule has 10 nitrogen and oxygen atoms in total. The van der Waals surface area contributed by atoms with Gasteiger partial charge in [-0.05, 0) is 99.7 Å². The van der Waals surface area contributed by atoms with Gasteiger partial charge in [-0.25, -0.2) is 18.0 Å². The Bertz CT molecular complexity index is 959. The van der Waals surface area contributed by atoms with Gasteiger partial charge in [-0.15, -0.1) is 0 Å². The second-order valence-corrected chi connectivity index (χ2v) is 14.4. The summed E-state index contributed by atoms with van der Waals surface area (Å²) in [6, 6.07) is -1.11. The molecule has 4 rings (SSSR count). The van der Waals surface area contributed by atoms with Gasteiger partial charge in [0.1, 0.15) is 6.04 Å². The van der Waals surface area contributed by atoms with Crippen molar-refractivity contribution >= 4 is 28.0 Å². The van der Waals surface area contributed by atoms with Crippen LogP contribution in [0.1, 0.15) is 96.8 Å². The summed E-state index contributed by atoms with van der Waals surface area (Å²) < 4.78 is 33.1. The Labute approximate surface area is 233 Å². The summed E-state index contributed by atoms with van der Waals surface area (Å²) in [5.74, 6) is 2.35. The summed E-state index contributed by atoms with van der Waals surface area (Å²) in [6.07, 6.45) is 12.8. The van der Waals surface area contributed by atoms with Gasteiger partial charge in [0.25, 0.3) is 0 Å². The van der Waals surface area contributed by atoms with E-state index in [1.165, 1.54) is 51.4 Å². The largest absolute Gasteiger partial charge is 0.480 e. The van der Waals surface area contributed by atoms with Gasteiger partial charge >= 0.3 is 12.1 Å². The number of nitrogens with two attached hydrogens (primary N) is 1. The minimum atomic E-state index is -3.59. The number of carboxylic acid groups (broad SMARTS) is 1. The topological polar surface area (TPSA) is 160 Å². The number of carboxylic acids is 1. The van der Waals surface area contributed by atoms with Gasteiger partial charge in [0.2, 0.25) is 16.0 Å². The van der Waals surface area contributed by atoms with E-state index in [1.54, 1.807) is 0 Å². The van der Waals surface area contributed by atoms with Crippen LogP contribution >= 0.6 is 0 Å². The molecule has 0 radical (unpaired) electrons. The average molecular weight is 569 g/mol. The number of guanidine groups is 1. The molecule has 5 atom stereocenters. The molecule has 0 aromatic heterocycles. The number of amides is 1. The van der Waals surface area contributed by atoms with Crippen molar-refractivity contribution in [3.63, 3.8) is 0 Å². The van der Waals surface area contributed by atoms with Gasteiger partial charge in [-0.3, -0.25) is 9.71 Å². The predicted octanol–water partition coefficient (Wildman–Crippen LogP) is 4.00. The van der Waals surface area contributed by atoms with Crippen molar-refractivity contribution in [2.45, 2.75) is 108 Å². The first kappa shape index (κ1) is 29.9. The normalized spacial score (nSPS) is 33.9. The molecule has 0 aliphatic heterocycles. The fraction of sp³-hybridized carbons (Fsp3) is 0.893. The number of carbonyl (C=O) groups is 2. The third-order valence-electron chi connectivity index (χ3n) is 9.98. The highest BCUT2D eigenvalue weighted by atomic mass is 32.2. The van der Waals surface area contributed by atoms with Crippen molar-refractivity contribution < 1.29 is 27.9 Å². The zero-order chi connectivity index (χ0) is 28.0. The lowest BCUT2D eigenvalue weighted by Crippen LogP contribution is -2.43. The lowest BCUT2D eigenvalue weighted by Gasteiger charge is -2.32. The Morgan fingerprint density at radius 1 is 0.949 bits per heavy atom. The molecule has 0 spiro atoms. The van der Waals surface area contributed by atoms with Crippen molar-refractivity contribution in [2.24, 2.45) is 46.2 Å². The Kier molecular flexibility index (Phi) is 10.4. The van der Waals surface area contributed by atoms with E-state index in [1.807, 2.05) is 0 Å². The first-order chi connectivity index (χ1) is 18.7. The highest BCUT2D eigenvalue weighted by molar-refractivity contribution is 7.90. The number of fused-ring (bicyclic) bond motifs is 3. The molecule has 222 valence electrons. The van der Waals surface area contributed by atoms with E-state index < -0.39 is 33.4 Å². The highest BCUT2D eigenvalue weighted by Crippen LogP contribution is 2.57. The van der Waals surface area contributed by atoms with E-state index in [-0.39, 0.29) is 18.9 Å². The summed E-state index contributed by atoms with van der Waals surface area (Å²) in [5, 5.41) is 11.7. The third-order valence-corrected chi connectivity index (χ3v) is 11.8. The molecule has 5 N–H and O–H groups in total. The fourth-order valence-corrected chi connectivity index (χ4v) is 9.39. The van der Waals surface area contributed by atoms with Crippen LogP contribution in [0, 0.1) is 35.5 Å². The lowest BCUT2D eigenvalue weighted by molar-refractivity contribution is -0.139. The van der Waals surface area contributed by atoms with Gasteiger partial charge in [-0.2, -0.15) is 0 Å². The molecular weight excluding hydrogens is 520 g/mol. The minimum Gasteiger partial charge on any atom is -0.480 e. The third kappa shape index (κ3) is 7.79. The van der Waals surface area contributed by atoms with E-state index >= 15 is 0 Å². The Balaban J connectivity index is 1.20. The monoisotopic (exact) mass is 568 g/mol. The predicted molar refractivity (Wildman–Crippen MR) is 149 cm³/mol. The number of nitrogens with one attached hydrogen (secondary N) is 2. The van der Waals surface area contributed by atoms with Crippen molar-refractivity contribution in [3.05, 3.63) is 0 Å². The number of ether oxygens (including phenoxy) is 1. The molecule has 1 amide bonds. The molecular formula is C28H48N4O6S. The van der Waals surface area contributed by atoms with Crippen LogP contribution in [0.5, 0.6) is 0 Å². The van der Waals surface area contributed by atoms with E-state index in [2.05, 4.69) is 22.0 Å². The van der Waals surface area contributed by atoms with Gasteiger partial charge in [0.05, 0.1) is 11.9 Å². The lowest BCUT2D eigenvalue weighted by atomic mass is 9.73. The van der Waals surface area contributed by atoms with Crippen molar-refractivity contribution in [3.8, 4) is 0 Å². The molecule has 0 aromatic carbocycles. The minimum absolute atomic E-state index is 0.132. The quantitative estimate of drug-likeness (QED) is 0.176. The van der Waals surface area contributed by atoms with Crippen LogP contribution in [-0.2, 0) is 19.6 Å². The number of sulfonamides is 1. The number of carbonyl (C=O) groups excluding carboxylic acids is 1. The van der Waals surface area contributed by atoms with E-state index in [4.69, 9.17) is 10.5 Å². The molecule has 39 heavy (non-hydrogen) atoms. The molecule has 4 saturated carbocycles. The second-order valence-electron chi connectivity index (χ2n) is 12.5. The van der Waals surface area contributed by atoms with Crippen LogP contribution in [0.15, 0.2) is 4.99 Å². The first-order valence-electron chi connectivity index (χ1n) is 15.1. The number of alkyl carbamates (subject to hydrolysis) is 1. The van der Waals surface area contributed by atoms with Crippen molar-refractivity contribution in [1.82, 2.24) is 10.0 Å². The van der Waals surface area contributed by atoms with Gasteiger partial charge in [-0.1, -0.05) is 32.6 Å². The van der Waals surface area contributed by atoms with E-state index in [9.17, 15) is 23.1 Å². The SMILES string of the molecule is CC1CCC(S(=O)(=O)NC(N)=NCCCC(NC(=O)OCC2C3CCCCC3C3CCCCC32)C(=O)O)CC1. The number of hydrogen-bond acceptors (Lipinski definition) is 6. The molecule has 0 saturated heterocycles. The van der Waals surface area contributed by atoms with E-state index in [0.717, 1.165) is 24.7 Å². The van der Waals surface area contributed by atoms with Gasteiger partial charge in [0, 0.05) is 6.54 Å². The maximum atomic E-state index is 12.6. The van der Waals surface area contributed by atoms with Gasteiger partial charge in [0.15, 0.2) is 0 Å². The van der Waals surface area contributed by atoms with Crippen molar-refractivity contribution in [2.75, 3.05) is 13.2 Å². The molecule has 11 heteroatoms. The standard InChI is InChI=1S/C28H48N4O6S/c1-18-12-14-19(15-13-18)39(36,37)32-27(29)30-16-6-11-25(26(33)34)31-28(35)38-17-24-22-9-4-2-7-20(22)21-8-3-5-10-23(21)24/h18-25H,2-17H2,1H3,(H,31,35)(H,33,34)(H3,29,30,32). The maximum Gasteiger partial charge on any atom is 0.407 e. The summed E-state index contributed by atoms with van der Waals surface area (Å²) >= 11 is 0. The number of nitrogens with zero attached hydrogens (tertiary/aromatic N) is 1. The second kappa shape index (κ2) is 13.5. The van der Waals surface area contributed by atoms with Crippen LogP contribution in [0.25, 0.3) is 0 Å². The molecule has 0 bridgehead atoms. The summed E-state index contributed by atoms with van der Waals surface area (Å²) in [4.78, 5) is 28.4. The first-order valence-corrected chi connectivity index (χ1v) is 16.7. The molecule has 0 heterocycles. The number of hydrogen-bond donors (Lipinski definition) is 4. The molecule has 4 fully saturated rings. The average Bonchev–Trinajstić information content (AvgIpc) is 3.22. The smallest absolute Gasteiger partial charge is 0.407 e. The zero-order valence-corrected chi connectivity index (χ0v) is 24.2. The molecule has 4 aliphatic rings. The summed E-state index contributed by atoms with van der Waals surface area (Å²) in [6.45, 7) is 2.63. The Morgan fingerprint density at radius 3 is 2.08 bits per heavy atom. The van der Waals surface area contributed by atoms with E-state index in [0.29, 0.717) is 49.5 Å².